The molecule has 0 fully saturated rings. The van der Waals surface area contributed by atoms with Crippen LogP contribution in [0.2, 0.25) is 0 Å². The number of anilines is 1. The molecule has 2 atom stereocenters. The molecule has 1 aliphatic rings. The third-order valence-corrected chi connectivity index (χ3v) is 5.20. The van der Waals surface area contributed by atoms with Gasteiger partial charge >= 0.3 is 0 Å². The number of hydrogen-bond donors (Lipinski definition) is 1. The van der Waals surface area contributed by atoms with Gasteiger partial charge in [-0.15, -0.1) is 0 Å². The minimum absolute atomic E-state index is 0.172. The number of para-hydroxylation sites is 1. The van der Waals surface area contributed by atoms with Crippen LogP contribution in [0.15, 0.2) is 41.1 Å². The van der Waals surface area contributed by atoms with Crippen molar-refractivity contribution in [1.82, 2.24) is 0 Å². The van der Waals surface area contributed by atoms with Crippen LogP contribution in [-0.4, -0.2) is 12.6 Å². The third kappa shape index (κ3) is 2.99. The number of fused-ring (bicyclic) bond motifs is 1. The van der Waals surface area contributed by atoms with Gasteiger partial charge in [0.15, 0.2) is 0 Å². The van der Waals surface area contributed by atoms with Gasteiger partial charge in [0.1, 0.15) is 0 Å². The van der Waals surface area contributed by atoms with Crippen molar-refractivity contribution in [3.8, 4) is 0 Å². The number of rotatable bonds is 4. The summed E-state index contributed by atoms with van der Waals surface area (Å²) in [5.74, 6) is 0. The molecule has 0 bridgehead atoms. The third-order valence-electron chi connectivity index (χ3n) is 4.49. The SMILES string of the molecule is CCC(N)C(c1ccsc1)N1CCCCc2ccccc21. The van der Waals surface area contributed by atoms with Gasteiger partial charge in [0.2, 0.25) is 0 Å². The highest BCUT2D eigenvalue weighted by atomic mass is 32.1. The van der Waals surface area contributed by atoms with Crippen LogP contribution in [0, 0.1) is 0 Å². The zero-order valence-corrected chi connectivity index (χ0v) is 13.5. The van der Waals surface area contributed by atoms with Crippen LogP contribution in [0.25, 0.3) is 0 Å². The van der Waals surface area contributed by atoms with E-state index >= 15 is 0 Å². The fraction of sp³-hybridized carbons (Fsp3) is 0.444. The van der Waals surface area contributed by atoms with E-state index in [1.165, 1.54) is 36.1 Å². The Balaban J connectivity index is 2.02. The van der Waals surface area contributed by atoms with Crippen molar-refractivity contribution in [3.05, 3.63) is 52.2 Å². The molecule has 1 aromatic carbocycles. The van der Waals surface area contributed by atoms with Crippen molar-refractivity contribution in [1.29, 1.82) is 0 Å². The van der Waals surface area contributed by atoms with E-state index in [4.69, 9.17) is 5.73 Å². The maximum atomic E-state index is 6.51. The smallest absolute Gasteiger partial charge is 0.0701 e. The first-order chi connectivity index (χ1) is 10.3. The molecular weight excluding hydrogens is 276 g/mol. The maximum Gasteiger partial charge on any atom is 0.0701 e. The van der Waals surface area contributed by atoms with Crippen molar-refractivity contribution < 1.29 is 0 Å². The average Bonchev–Trinajstić information content (AvgIpc) is 2.96. The Morgan fingerprint density at radius 1 is 1.24 bits per heavy atom. The average molecular weight is 300 g/mol. The summed E-state index contributed by atoms with van der Waals surface area (Å²) in [4.78, 5) is 2.55. The fourth-order valence-corrected chi connectivity index (χ4v) is 4.02. The van der Waals surface area contributed by atoms with Crippen molar-refractivity contribution in [2.75, 3.05) is 11.4 Å². The Kier molecular flexibility index (Phi) is 4.61. The first-order valence-electron chi connectivity index (χ1n) is 7.93. The van der Waals surface area contributed by atoms with Gasteiger partial charge in [-0.1, -0.05) is 25.1 Å². The number of hydrogen-bond acceptors (Lipinski definition) is 3. The van der Waals surface area contributed by atoms with Crippen LogP contribution < -0.4 is 10.6 Å². The highest BCUT2D eigenvalue weighted by Gasteiger charge is 2.28. The van der Waals surface area contributed by atoms with E-state index in [2.05, 4.69) is 52.9 Å². The lowest BCUT2D eigenvalue weighted by molar-refractivity contribution is 0.487. The normalized spacial score (nSPS) is 17.9. The lowest BCUT2D eigenvalue weighted by Gasteiger charge is -2.37. The molecule has 2 aromatic rings. The zero-order chi connectivity index (χ0) is 14.7. The summed E-state index contributed by atoms with van der Waals surface area (Å²) in [6, 6.07) is 11.5. The Labute approximate surface area is 131 Å². The van der Waals surface area contributed by atoms with Gasteiger partial charge < -0.3 is 10.6 Å². The monoisotopic (exact) mass is 300 g/mol. The molecule has 21 heavy (non-hydrogen) atoms. The van der Waals surface area contributed by atoms with Crippen molar-refractivity contribution >= 4 is 17.0 Å². The molecular formula is C18H24N2S. The summed E-state index contributed by atoms with van der Waals surface area (Å²) in [5.41, 5.74) is 10.7. The second-order valence-corrected chi connectivity index (χ2v) is 6.63. The molecule has 3 rings (SSSR count). The Morgan fingerprint density at radius 3 is 2.86 bits per heavy atom. The molecule has 0 spiro atoms. The van der Waals surface area contributed by atoms with E-state index in [-0.39, 0.29) is 6.04 Å². The van der Waals surface area contributed by atoms with Crippen LogP contribution in [0.4, 0.5) is 5.69 Å². The second kappa shape index (κ2) is 6.63. The standard InChI is InChI=1S/C18H24N2S/c1-2-16(19)18(15-10-12-21-13-15)20-11-6-5-8-14-7-3-4-9-17(14)20/h3-4,7,9-10,12-13,16,18H,2,5-6,8,11,19H2,1H3. The van der Waals surface area contributed by atoms with Crippen LogP contribution in [0.1, 0.15) is 43.4 Å². The van der Waals surface area contributed by atoms with Gasteiger partial charge in [-0.25, -0.2) is 0 Å². The molecule has 2 N–H and O–H groups in total. The second-order valence-electron chi connectivity index (χ2n) is 5.85. The number of aryl methyl sites for hydroxylation is 1. The molecule has 0 amide bonds. The topological polar surface area (TPSA) is 29.3 Å². The van der Waals surface area contributed by atoms with Crippen molar-refractivity contribution in [2.24, 2.45) is 5.73 Å². The molecule has 3 heteroatoms. The minimum Gasteiger partial charge on any atom is -0.363 e. The van der Waals surface area contributed by atoms with Gasteiger partial charge in [0.05, 0.1) is 6.04 Å². The predicted octanol–water partition coefficient (Wildman–Crippen LogP) is 4.37. The van der Waals surface area contributed by atoms with Crippen molar-refractivity contribution in [2.45, 2.75) is 44.7 Å². The number of nitrogens with two attached hydrogens (primary N) is 1. The van der Waals surface area contributed by atoms with Crippen LogP contribution in [0.5, 0.6) is 0 Å². The first-order valence-corrected chi connectivity index (χ1v) is 8.87. The molecule has 0 aliphatic carbocycles. The molecule has 2 unspecified atom stereocenters. The molecule has 0 radical (unpaired) electrons. The maximum absolute atomic E-state index is 6.51. The molecule has 2 heterocycles. The summed E-state index contributed by atoms with van der Waals surface area (Å²) in [7, 11) is 0. The van der Waals surface area contributed by atoms with Gasteiger partial charge in [-0.05, 0) is 59.7 Å². The van der Waals surface area contributed by atoms with Crippen molar-refractivity contribution in [3.63, 3.8) is 0 Å². The van der Waals surface area contributed by atoms with E-state index < -0.39 is 0 Å². The van der Waals surface area contributed by atoms with E-state index in [1.807, 2.05) is 0 Å². The van der Waals surface area contributed by atoms with Gasteiger partial charge in [-0.3, -0.25) is 0 Å². The van der Waals surface area contributed by atoms with Crippen LogP contribution >= 0.6 is 11.3 Å². The summed E-state index contributed by atoms with van der Waals surface area (Å²) < 4.78 is 0. The Morgan fingerprint density at radius 2 is 2.10 bits per heavy atom. The van der Waals surface area contributed by atoms with E-state index in [1.54, 1.807) is 11.3 Å². The molecule has 112 valence electrons. The summed E-state index contributed by atoms with van der Waals surface area (Å²) in [6.07, 6.45) is 4.69. The van der Waals surface area contributed by atoms with Gasteiger partial charge in [0.25, 0.3) is 0 Å². The van der Waals surface area contributed by atoms with E-state index in [0.29, 0.717) is 6.04 Å². The lowest BCUT2D eigenvalue weighted by atomic mass is 9.97. The first kappa shape index (κ1) is 14.6. The van der Waals surface area contributed by atoms with Crippen LogP contribution in [-0.2, 0) is 6.42 Å². The highest BCUT2D eigenvalue weighted by Crippen LogP contribution is 2.36. The van der Waals surface area contributed by atoms with E-state index in [0.717, 1.165) is 13.0 Å². The minimum atomic E-state index is 0.172. The van der Waals surface area contributed by atoms with E-state index in [9.17, 15) is 0 Å². The quantitative estimate of drug-likeness (QED) is 0.908. The zero-order valence-electron chi connectivity index (χ0n) is 12.7. The molecule has 0 saturated carbocycles. The molecule has 1 aromatic heterocycles. The number of benzene rings is 1. The Hall–Kier alpha value is -1.32. The van der Waals surface area contributed by atoms with Gasteiger partial charge in [-0.2, -0.15) is 11.3 Å². The predicted molar refractivity (Wildman–Crippen MR) is 92.1 cm³/mol. The highest BCUT2D eigenvalue weighted by molar-refractivity contribution is 7.08. The molecule has 1 aliphatic heterocycles. The fourth-order valence-electron chi connectivity index (χ4n) is 3.33. The Bertz CT molecular complexity index is 564. The largest absolute Gasteiger partial charge is 0.363 e. The molecule has 2 nitrogen and oxygen atoms in total. The number of nitrogens with zero attached hydrogens (tertiary/aromatic N) is 1. The van der Waals surface area contributed by atoms with Gasteiger partial charge in [0, 0.05) is 18.3 Å². The summed E-state index contributed by atoms with van der Waals surface area (Å²) in [5, 5.41) is 4.42. The summed E-state index contributed by atoms with van der Waals surface area (Å²) >= 11 is 1.76. The lowest BCUT2D eigenvalue weighted by Crippen LogP contribution is -2.41. The number of thiophene rings is 1. The summed E-state index contributed by atoms with van der Waals surface area (Å²) in [6.45, 7) is 3.29. The molecule has 0 saturated heterocycles. The van der Waals surface area contributed by atoms with Crippen LogP contribution in [0.3, 0.4) is 0 Å².